The first kappa shape index (κ1) is 22.4. The van der Waals surface area contributed by atoms with Gasteiger partial charge in [-0.25, -0.2) is 0 Å². The van der Waals surface area contributed by atoms with Gasteiger partial charge in [-0.15, -0.1) is 0 Å². The summed E-state index contributed by atoms with van der Waals surface area (Å²) >= 11 is 0. The van der Waals surface area contributed by atoms with Crippen molar-refractivity contribution in [2.75, 3.05) is 22.1 Å². The Morgan fingerprint density at radius 3 is 1.21 bits per heavy atom. The Hall–Kier alpha value is -1.92. The molecule has 0 radical (unpaired) electrons. The van der Waals surface area contributed by atoms with Gasteiger partial charge in [0.2, 0.25) is 11.8 Å². The summed E-state index contributed by atoms with van der Waals surface area (Å²) < 4.78 is 0. The van der Waals surface area contributed by atoms with Gasteiger partial charge in [0.05, 0.1) is 11.5 Å². The average molecular weight is 417 g/mol. The van der Waals surface area contributed by atoms with Crippen LogP contribution in [0.15, 0.2) is 24.3 Å². The zero-order valence-electron chi connectivity index (χ0n) is 17.4. The minimum Gasteiger partial charge on any atom is -0.325 e. The fourth-order valence-corrected chi connectivity index (χ4v) is 4.96. The molecule has 0 fully saturated rings. The molecule has 0 saturated heterocycles. The Balaban J connectivity index is 1.78. The maximum absolute atomic E-state index is 12.2. The molecule has 0 unspecified atom stereocenters. The molecule has 0 heterocycles. The number of carbonyl (C=O) groups excluding carboxylic acids is 2. The fraction of sp³-hybridized carbons (Fsp3) is 0.364. The topological polar surface area (TPSA) is 58.2 Å². The lowest BCUT2D eigenvalue weighted by Crippen LogP contribution is -2.17. The molecule has 150 valence electrons. The molecule has 0 aromatic heterocycles. The number of rotatable bonds is 7. The van der Waals surface area contributed by atoms with Gasteiger partial charge in [-0.2, -0.15) is 0 Å². The number of hydrogen-bond donors (Lipinski definition) is 2. The van der Waals surface area contributed by atoms with Crippen molar-refractivity contribution in [3.63, 3.8) is 0 Å². The van der Waals surface area contributed by atoms with Crippen molar-refractivity contribution in [1.29, 1.82) is 0 Å². The molecule has 4 nitrogen and oxygen atoms in total. The van der Waals surface area contributed by atoms with Crippen LogP contribution < -0.4 is 10.6 Å². The SMILES string of the molecule is Cc1cc(C)c(NC(=O)CSSCC(=O)Nc2c(C)cc(C)cc2C)c(C)c1. The highest BCUT2D eigenvalue weighted by molar-refractivity contribution is 8.77. The summed E-state index contributed by atoms with van der Waals surface area (Å²) in [6.07, 6.45) is 0. The van der Waals surface area contributed by atoms with Gasteiger partial charge in [0, 0.05) is 11.4 Å². The summed E-state index contributed by atoms with van der Waals surface area (Å²) in [6, 6.07) is 8.24. The van der Waals surface area contributed by atoms with Crippen molar-refractivity contribution in [3.8, 4) is 0 Å². The number of amides is 2. The van der Waals surface area contributed by atoms with Crippen LogP contribution in [-0.2, 0) is 9.59 Å². The smallest absolute Gasteiger partial charge is 0.235 e. The number of benzene rings is 2. The molecule has 0 saturated carbocycles. The zero-order valence-corrected chi connectivity index (χ0v) is 19.0. The van der Waals surface area contributed by atoms with E-state index in [0.29, 0.717) is 11.5 Å². The minimum absolute atomic E-state index is 0.0572. The predicted octanol–water partition coefficient (Wildman–Crippen LogP) is 5.50. The normalized spacial score (nSPS) is 10.6. The van der Waals surface area contributed by atoms with Crippen LogP contribution in [0.1, 0.15) is 33.4 Å². The van der Waals surface area contributed by atoms with Gasteiger partial charge in [-0.3, -0.25) is 9.59 Å². The quantitative estimate of drug-likeness (QED) is 0.462. The molecule has 6 heteroatoms. The van der Waals surface area contributed by atoms with Crippen LogP contribution in [0.25, 0.3) is 0 Å². The first-order chi connectivity index (χ1) is 13.2. The summed E-state index contributed by atoms with van der Waals surface area (Å²) in [5.74, 6) is 0.483. The molecule has 2 aromatic carbocycles. The molecule has 0 aliphatic carbocycles. The molecule has 2 aromatic rings. The second-order valence-electron chi connectivity index (χ2n) is 7.17. The minimum atomic E-state index is -0.0572. The Bertz CT molecular complexity index is 775. The fourth-order valence-electron chi connectivity index (χ4n) is 3.30. The Labute approximate surface area is 175 Å². The number of aryl methyl sites for hydroxylation is 6. The second kappa shape index (κ2) is 10.0. The summed E-state index contributed by atoms with van der Waals surface area (Å²) in [4.78, 5) is 24.4. The van der Waals surface area contributed by atoms with Crippen LogP contribution in [-0.4, -0.2) is 23.3 Å². The van der Waals surface area contributed by atoms with Gasteiger partial charge >= 0.3 is 0 Å². The summed E-state index contributed by atoms with van der Waals surface area (Å²) in [5.41, 5.74) is 8.37. The Morgan fingerprint density at radius 1 is 0.643 bits per heavy atom. The lowest BCUT2D eigenvalue weighted by molar-refractivity contribution is -0.114. The van der Waals surface area contributed by atoms with Crippen LogP contribution in [0.5, 0.6) is 0 Å². The average Bonchev–Trinajstić information content (AvgIpc) is 2.58. The predicted molar refractivity (Wildman–Crippen MR) is 123 cm³/mol. The lowest BCUT2D eigenvalue weighted by atomic mass is 10.1. The second-order valence-corrected chi connectivity index (χ2v) is 9.63. The van der Waals surface area contributed by atoms with Gasteiger partial charge in [-0.05, 0) is 63.8 Å². The molecule has 28 heavy (non-hydrogen) atoms. The van der Waals surface area contributed by atoms with Gasteiger partial charge < -0.3 is 10.6 Å². The van der Waals surface area contributed by atoms with Crippen LogP contribution in [0, 0.1) is 41.5 Å². The number of anilines is 2. The van der Waals surface area contributed by atoms with E-state index in [2.05, 4.69) is 34.9 Å². The van der Waals surface area contributed by atoms with Crippen molar-refractivity contribution in [2.24, 2.45) is 0 Å². The Morgan fingerprint density at radius 2 is 0.929 bits per heavy atom. The summed E-state index contributed by atoms with van der Waals surface area (Å²) in [7, 11) is 2.78. The maximum atomic E-state index is 12.2. The number of hydrogen-bond acceptors (Lipinski definition) is 4. The largest absolute Gasteiger partial charge is 0.325 e. The highest BCUT2D eigenvalue weighted by Crippen LogP contribution is 2.26. The van der Waals surface area contributed by atoms with Crippen molar-refractivity contribution in [1.82, 2.24) is 0 Å². The molecule has 2 rings (SSSR count). The van der Waals surface area contributed by atoms with E-state index in [0.717, 1.165) is 33.6 Å². The van der Waals surface area contributed by atoms with Gasteiger partial charge in [-0.1, -0.05) is 57.0 Å². The third-order valence-corrected chi connectivity index (χ3v) is 6.48. The molecule has 2 amide bonds. The molecule has 2 N–H and O–H groups in total. The van der Waals surface area contributed by atoms with Crippen LogP contribution in [0.3, 0.4) is 0 Å². The van der Waals surface area contributed by atoms with E-state index in [-0.39, 0.29) is 11.8 Å². The number of carbonyl (C=O) groups is 2. The van der Waals surface area contributed by atoms with Crippen LogP contribution in [0.2, 0.25) is 0 Å². The maximum Gasteiger partial charge on any atom is 0.235 e. The van der Waals surface area contributed by atoms with E-state index < -0.39 is 0 Å². The van der Waals surface area contributed by atoms with Crippen molar-refractivity contribution in [2.45, 2.75) is 41.5 Å². The van der Waals surface area contributed by atoms with E-state index in [9.17, 15) is 9.59 Å². The number of nitrogens with one attached hydrogen (secondary N) is 2. The first-order valence-corrected chi connectivity index (χ1v) is 11.7. The summed E-state index contributed by atoms with van der Waals surface area (Å²) in [6.45, 7) is 12.1. The molecule has 0 bridgehead atoms. The Kier molecular flexibility index (Phi) is 8.01. The van der Waals surface area contributed by atoms with E-state index in [4.69, 9.17) is 0 Å². The van der Waals surface area contributed by atoms with E-state index in [1.165, 1.54) is 32.7 Å². The summed E-state index contributed by atoms with van der Waals surface area (Å²) in [5, 5.41) is 5.96. The van der Waals surface area contributed by atoms with Crippen molar-refractivity contribution in [3.05, 3.63) is 57.6 Å². The standard InChI is InChI=1S/C22H28N2O2S2/c1-13-7-15(3)21(16(4)8-13)23-19(25)11-27-28-12-20(26)24-22-17(5)9-14(2)10-18(22)6/h7-10H,11-12H2,1-6H3,(H,23,25)(H,24,26). The van der Waals surface area contributed by atoms with Crippen molar-refractivity contribution >= 4 is 44.8 Å². The zero-order chi connectivity index (χ0) is 20.8. The highest BCUT2D eigenvalue weighted by atomic mass is 33.1. The van der Waals surface area contributed by atoms with Crippen molar-refractivity contribution < 1.29 is 9.59 Å². The van der Waals surface area contributed by atoms with E-state index in [1.54, 1.807) is 0 Å². The molecular weight excluding hydrogens is 388 g/mol. The molecule has 0 atom stereocenters. The van der Waals surface area contributed by atoms with E-state index in [1.807, 2.05) is 41.5 Å². The molecule has 0 aliphatic heterocycles. The third-order valence-electron chi connectivity index (χ3n) is 4.35. The van der Waals surface area contributed by atoms with Crippen LogP contribution in [0.4, 0.5) is 11.4 Å². The van der Waals surface area contributed by atoms with Gasteiger partial charge in [0.1, 0.15) is 0 Å². The lowest BCUT2D eigenvalue weighted by Gasteiger charge is -2.13. The monoisotopic (exact) mass is 416 g/mol. The highest BCUT2D eigenvalue weighted by Gasteiger charge is 2.11. The van der Waals surface area contributed by atoms with E-state index >= 15 is 0 Å². The first-order valence-electron chi connectivity index (χ1n) is 9.17. The van der Waals surface area contributed by atoms with Crippen LogP contribution >= 0.6 is 21.6 Å². The molecule has 0 aliphatic rings. The third kappa shape index (κ3) is 6.31. The van der Waals surface area contributed by atoms with Gasteiger partial charge in [0.25, 0.3) is 0 Å². The van der Waals surface area contributed by atoms with Gasteiger partial charge in [0.15, 0.2) is 0 Å². The molecular formula is C22H28N2O2S2. The molecule has 0 spiro atoms.